The van der Waals surface area contributed by atoms with Crippen molar-refractivity contribution in [1.29, 1.82) is 5.26 Å². The van der Waals surface area contributed by atoms with Gasteiger partial charge in [0.05, 0.1) is 11.6 Å². The molecular weight excluding hydrogens is 232 g/mol. The van der Waals surface area contributed by atoms with Crippen LogP contribution in [-0.2, 0) is 6.54 Å². The number of nitrogens with one attached hydrogen (secondary N) is 1. The molecule has 4 heteroatoms. The van der Waals surface area contributed by atoms with Gasteiger partial charge in [-0.2, -0.15) is 16.6 Å². The van der Waals surface area contributed by atoms with Crippen LogP contribution in [0.25, 0.3) is 0 Å². The lowest BCUT2D eigenvalue weighted by molar-refractivity contribution is 0.0951. The smallest absolute Gasteiger partial charge is 0.251 e. The molecule has 1 aromatic heterocycles. The highest BCUT2D eigenvalue weighted by atomic mass is 32.1. The Balaban J connectivity index is 2.02. The number of hydrogen-bond acceptors (Lipinski definition) is 3. The van der Waals surface area contributed by atoms with Gasteiger partial charge in [-0.25, -0.2) is 0 Å². The van der Waals surface area contributed by atoms with E-state index in [0.29, 0.717) is 17.7 Å². The summed E-state index contributed by atoms with van der Waals surface area (Å²) >= 11 is 1.60. The molecule has 1 amide bonds. The van der Waals surface area contributed by atoms with Crippen LogP contribution in [0.4, 0.5) is 0 Å². The summed E-state index contributed by atoms with van der Waals surface area (Å²) in [5.74, 6) is -0.159. The standard InChI is InChI=1S/C13H10N2OS/c14-7-10-2-1-3-12(6-10)13(16)15-8-11-4-5-17-9-11/h1-6,9H,8H2,(H,15,16). The zero-order chi connectivity index (χ0) is 12.1. The number of nitrogens with zero attached hydrogens (tertiary/aromatic N) is 1. The number of thiophene rings is 1. The van der Waals surface area contributed by atoms with E-state index in [-0.39, 0.29) is 5.91 Å². The molecule has 1 heterocycles. The quantitative estimate of drug-likeness (QED) is 0.899. The van der Waals surface area contributed by atoms with Crippen LogP contribution in [0.1, 0.15) is 21.5 Å². The van der Waals surface area contributed by atoms with E-state index in [1.807, 2.05) is 22.9 Å². The van der Waals surface area contributed by atoms with Crippen LogP contribution in [0.2, 0.25) is 0 Å². The number of hydrogen-bond donors (Lipinski definition) is 1. The molecule has 0 spiro atoms. The monoisotopic (exact) mass is 242 g/mol. The average molecular weight is 242 g/mol. The predicted octanol–water partition coefficient (Wildman–Crippen LogP) is 2.55. The highest BCUT2D eigenvalue weighted by Crippen LogP contribution is 2.07. The minimum Gasteiger partial charge on any atom is -0.348 e. The Kier molecular flexibility index (Phi) is 3.53. The molecule has 84 valence electrons. The molecule has 0 atom stereocenters. The van der Waals surface area contributed by atoms with Gasteiger partial charge in [0, 0.05) is 12.1 Å². The first-order valence-electron chi connectivity index (χ1n) is 5.09. The van der Waals surface area contributed by atoms with Crippen LogP contribution in [0, 0.1) is 11.3 Å². The number of carbonyl (C=O) groups excluding carboxylic acids is 1. The summed E-state index contributed by atoms with van der Waals surface area (Å²) in [6, 6.07) is 10.6. The van der Waals surface area contributed by atoms with E-state index in [4.69, 9.17) is 5.26 Å². The fourth-order valence-corrected chi connectivity index (χ4v) is 2.08. The zero-order valence-electron chi connectivity index (χ0n) is 9.01. The normalized spacial score (nSPS) is 9.59. The van der Waals surface area contributed by atoms with Crippen molar-refractivity contribution in [3.05, 3.63) is 57.8 Å². The van der Waals surface area contributed by atoms with Crippen LogP contribution < -0.4 is 5.32 Å². The third-order valence-corrected chi connectivity index (χ3v) is 3.02. The second-order valence-corrected chi connectivity index (χ2v) is 4.29. The first kappa shape index (κ1) is 11.4. The third-order valence-electron chi connectivity index (χ3n) is 2.29. The fraction of sp³-hybridized carbons (Fsp3) is 0.0769. The Bertz CT molecular complexity index is 555. The Labute approximate surface area is 103 Å². The van der Waals surface area contributed by atoms with E-state index in [9.17, 15) is 4.79 Å². The molecule has 0 radical (unpaired) electrons. The number of amides is 1. The van der Waals surface area contributed by atoms with Crippen LogP contribution in [0.15, 0.2) is 41.1 Å². The van der Waals surface area contributed by atoms with Crippen molar-refractivity contribution in [1.82, 2.24) is 5.32 Å². The molecule has 2 rings (SSSR count). The Morgan fingerprint density at radius 1 is 1.41 bits per heavy atom. The van der Waals surface area contributed by atoms with Crippen LogP contribution >= 0.6 is 11.3 Å². The lowest BCUT2D eigenvalue weighted by atomic mass is 10.1. The molecule has 1 aromatic carbocycles. The number of benzene rings is 1. The van der Waals surface area contributed by atoms with E-state index in [1.165, 1.54) is 0 Å². The van der Waals surface area contributed by atoms with Crippen molar-refractivity contribution < 1.29 is 4.79 Å². The van der Waals surface area contributed by atoms with Crippen molar-refractivity contribution in [3.63, 3.8) is 0 Å². The first-order chi connectivity index (χ1) is 8.29. The van der Waals surface area contributed by atoms with Gasteiger partial charge in [-0.05, 0) is 40.6 Å². The highest BCUT2D eigenvalue weighted by molar-refractivity contribution is 7.07. The summed E-state index contributed by atoms with van der Waals surface area (Å²) in [6.45, 7) is 0.513. The Morgan fingerprint density at radius 3 is 3.00 bits per heavy atom. The van der Waals surface area contributed by atoms with Gasteiger partial charge in [0.1, 0.15) is 0 Å². The Hall–Kier alpha value is -2.12. The second kappa shape index (κ2) is 5.28. The van der Waals surface area contributed by atoms with Gasteiger partial charge in [0.2, 0.25) is 0 Å². The van der Waals surface area contributed by atoms with Crippen molar-refractivity contribution in [2.75, 3.05) is 0 Å². The molecule has 0 aliphatic carbocycles. The minimum atomic E-state index is -0.159. The van der Waals surface area contributed by atoms with Gasteiger partial charge < -0.3 is 5.32 Å². The number of nitriles is 1. The van der Waals surface area contributed by atoms with Gasteiger partial charge in [0.25, 0.3) is 5.91 Å². The molecule has 3 nitrogen and oxygen atoms in total. The summed E-state index contributed by atoms with van der Waals surface area (Å²) in [4.78, 5) is 11.8. The van der Waals surface area contributed by atoms with Gasteiger partial charge in [-0.1, -0.05) is 6.07 Å². The van der Waals surface area contributed by atoms with Crippen LogP contribution in [0.3, 0.4) is 0 Å². The summed E-state index contributed by atoms with van der Waals surface area (Å²) in [6.07, 6.45) is 0. The summed E-state index contributed by atoms with van der Waals surface area (Å²) < 4.78 is 0. The topological polar surface area (TPSA) is 52.9 Å². The number of rotatable bonds is 3. The lowest BCUT2D eigenvalue weighted by Crippen LogP contribution is -2.22. The van der Waals surface area contributed by atoms with E-state index in [2.05, 4.69) is 5.32 Å². The van der Waals surface area contributed by atoms with E-state index in [1.54, 1.807) is 35.6 Å². The van der Waals surface area contributed by atoms with Gasteiger partial charge in [0.15, 0.2) is 0 Å². The second-order valence-electron chi connectivity index (χ2n) is 3.51. The van der Waals surface area contributed by atoms with E-state index < -0.39 is 0 Å². The molecule has 1 N–H and O–H groups in total. The van der Waals surface area contributed by atoms with Gasteiger partial charge in [-0.15, -0.1) is 0 Å². The maximum atomic E-state index is 11.8. The zero-order valence-corrected chi connectivity index (χ0v) is 9.83. The maximum Gasteiger partial charge on any atom is 0.251 e. The average Bonchev–Trinajstić information content (AvgIpc) is 2.89. The molecule has 0 unspecified atom stereocenters. The van der Waals surface area contributed by atoms with Crippen molar-refractivity contribution >= 4 is 17.2 Å². The molecule has 0 saturated carbocycles. The molecule has 0 saturated heterocycles. The maximum absolute atomic E-state index is 11.8. The molecule has 2 aromatic rings. The molecule has 0 fully saturated rings. The molecular formula is C13H10N2OS. The molecule has 0 aliphatic heterocycles. The fourth-order valence-electron chi connectivity index (χ4n) is 1.41. The van der Waals surface area contributed by atoms with Crippen molar-refractivity contribution in [3.8, 4) is 6.07 Å². The van der Waals surface area contributed by atoms with Gasteiger partial charge in [-0.3, -0.25) is 4.79 Å². The predicted molar refractivity (Wildman–Crippen MR) is 66.6 cm³/mol. The molecule has 0 aliphatic rings. The largest absolute Gasteiger partial charge is 0.348 e. The SMILES string of the molecule is N#Cc1cccc(C(=O)NCc2ccsc2)c1. The molecule has 0 bridgehead atoms. The van der Waals surface area contributed by atoms with Crippen molar-refractivity contribution in [2.24, 2.45) is 0 Å². The third kappa shape index (κ3) is 2.92. The summed E-state index contributed by atoms with van der Waals surface area (Å²) in [5.41, 5.74) is 2.09. The van der Waals surface area contributed by atoms with E-state index >= 15 is 0 Å². The van der Waals surface area contributed by atoms with Gasteiger partial charge >= 0.3 is 0 Å². The summed E-state index contributed by atoms with van der Waals surface area (Å²) in [5, 5.41) is 15.5. The minimum absolute atomic E-state index is 0.159. The lowest BCUT2D eigenvalue weighted by Gasteiger charge is -2.03. The number of carbonyl (C=O) groups is 1. The summed E-state index contributed by atoms with van der Waals surface area (Å²) in [7, 11) is 0. The van der Waals surface area contributed by atoms with Crippen LogP contribution in [0.5, 0.6) is 0 Å². The van der Waals surface area contributed by atoms with E-state index in [0.717, 1.165) is 5.56 Å². The van der Waals surface area contributed by atoms with Crippen molar-refractivity contribution in [2.45, 2.75) is 6.54 Å². The molecule has 17 heavy (non-hydrogen) atoms. The highest BCUT2D eigenvalue weighted by Gasteiger charge is 2.05. The first-order valence-corrected chi connectivity index (χ1v) is 6.03. The van der Waals surface area contributed by atoms with Crippen LogP contribution in [-0.4, -0.2) is 5.91 Å². The Morgan fingerprint density at radius 2 is 2.29 bits per heavy atom.